The summed E-state index contributed by atoms with van der Waals surface area (Å²) >= 11 is 4.54. The number of thiophene rings is 1. The first-order chi connectivity index (χ1) is 6.13. The highest BCUT2D eigenvalue weighted by Crippen LogP contribution is 2.24. The lowest BCUT2D eigenvalue weighted by Gasteiger charge is -1.98. The molecule has 70 valence electrons. The summed E-state index contributed by atoms with van der Waals surface area (Å²) in [6.07, 6.45) is 0. The Hall–Kier alpha value is -0.880. The molecule has 6 heteroatoms. The number of amides is 1. The molecule has 0 unspecified atom stereocenters. The number of esters is 1. The molecule has 0 bridgehead atoms. The quantitative estimate of drug-likeness (QED) is 0.619. The molecule has 0 fully saturated rings. The summed E-state index contributed by atoms with van der Waals surface area (Å²) in [6.45, 7) is 0. The van der Waals surface area contributed by atoms with Crippen LogP contribution >= 0.6 is 27.3 Å². The number of halogens is 1. The van der Waals surface area contributed by atoms with Crippen LogP contribution in [0.15, 0.2) is 15.9 Å². The Morgan fingerprint density at radius 3 is 2.77 bits per heavy atom. The summed E-state index contributed by atoms with van der Waals surface area (Å²) in [6, 6.07) is 1.70. The standard InChI is InChI=1S/C7H6BrNO3S/c1-12-7(11)6(10)9-5-2-4(8)3-13-5/h2-3H,1H3,(H,9,10). The molecule has 0 aliphatic rings. The average Bonchev–Trinajstić information content (AvgIpc) is 2.49. The predicted molar refractivity (Wildman–Crippen MR) is 52.7 cm³/mol. The van der Waals surface area contributed by atoms with E-state index in [2.05, 4.69) is 26.0 Å². The van der Waals surface area contributed by atoms with Crippen LogP contribution in [-0.2, 0) is 14.3 Å². The number of methoxy groups -OCH3 is 1. The normalized spacial score (nSPS) is 9.38. The Morgan fingerprint density at radius 1 is 1.62 bits per heavy atom. The van der Waals surface area contributed by atoms with Crippen molar-refractivity contribution in [3.8, 4) is 0 Å². The number of carbonyl (C=O) groups excluding carboxylic acids is 2. The highest BCUT2D eigenvalue weighted by molar-refractivity contribution is 9.10. The second kappa shape index (κ2) is 4.38. The van der Waals surface area contributed by atoms with Gasteiger partial charge in [-0.05, 0) is 22.0 Å². The molecule has 0 saturated heterocycles. The Balaban J connectivity index is 2.60. The van der Waals surface area contributed by atoms with Crippen molar-refractivity contribution in [3.05, 3.63) is 15.9 Å². The molecule has 0 spiro atoms. The SMILES string of the molecule is COC(=O)C(=O)Nc1cc(Br)cs1. The van der Waals surface area contributed by atoms with E-state index >= 15 is 0 Å². The first kappa shape index (κ1) is 10.2. The second-order valence-electron chi connectivity index (χ2n) is 2.07. The number of rotatable bonds is 1. The second-order valence-corrected chi connectivity index (χ2v) is 3.90. The fourth-order valence-corrected chi connectivity index (χ4v) is 1.95. The number of hydrogen-bond donors (Lipinski definition) is 1. The molecule has 0 aromatic carbocycles. The van der Waals surface area contributed by atoms with Crippen molar-refractivity contribution in [2.24, 2.45) is 0 Å². The summed E-state index contributed by atoms with van der Waals surface area (Å²) in [4.78, 5) is 21.6. The molecule has 1 aromatic heterocycles. The van der Waals surface area contributed by atoms with Crippen LogP contribution in [0, 0.1) is 0 Å². The molecule has 1 aromatic rings. The van der Waals surface area contributed by atoms with Crippen LogP contribution in [0.5, 0.6) is 0 Å². The van der Waals surface area contributed by atoms with Crippen molar-refractivity contribution < 1.29 is 14.3 Å². The molecule has 0 aliphatic heterocycles. The van der Waals surface area contributed by atoms with Crippen LogP contribution in [-0.4, -0.2) is 19.0 Å². The maximum Gasteiger partial charge on any atom is 0.396 e. The zero-order valence-electron chi connectivity index (χ0n) is 6.67. The van der Waals surface area contributed by atoms with Crippen LogP contribution < -0.4 is 5.32 Å². The van der Waals surface area contributed by atoms with E-state index in [9.17, 15) is 9.59 Å². The molecule has 1 rings (SSSR count). The Bertz CT molecular complexity index is 336. The van der Waals surface area contributed by atoms with Gasteiger partial charge >= 0.3 is 11.9 Å². The molecular weight excluding hydrogens is 258 g/mol. The third kappa shape index (κ3) is 2.82. The summed E-state index contributed by atoms with van der Waals surface area (Å²) in [5.74, 6) is -1.67. The number of nitrogens with one attached hydrogen (secondary N) is 1. The highest BCUT2D eigenvalue weighted by Gasteiger charge is 2.14. The van der Waals surface area contributed by atoms with Crippen molar-refractivity contribution in [2.75, 3.05) is 12.4 Å². The highest BCUT2D eigenvalue weighted by atomic mass is 79.9. The minimum absolute atomic E-state index is 0.599. The van der Waals surface area contributed by atoms with Gasteiger partial charge in [-0.2, -0.15) is 0 Å². The van der Waals surface area contributed by atoms with E-state index in [0.29, 0.717) is 5.00 Å². The van der Waals surface area contributed by atoms with Gasteiger partial charge < -0.3 is 10.1 Å². The molecule has 1 heterocycles. The monoisotopic (exact) mass is 263 g/mol. The minimum atomic E-state index is -0.899. The predicted octanol–water partition coefficient (Wildman–Crippen LogP) is 1.62. The number of ether oxygens (including phenoxy) is 1. The summed E-state index contributed by atoms with van der Waals surface area (Å²) < 4.78 is 5.09. The molecule has 0 atom stereocenters. The topological polar surface area (TPSA) is 55.4 Å². The smallest absolute Gasteiger partial charge is 0.396 e. The van der Waals surface area contributed by atoms with Crippen LogP contribution in [0.4, 0.5) is 5.00 Å². The average molecular weight is 264 g/mol. The maximum absolute atomic E-state index is 11.0. The summed E-state index contributed by atoms with van der Waals surface area (Å²) in [7, 11) is 1.16. The van der Waals surface area contributed by atoms with E-state index in [-0.39, 0.29) is 0 Å². The first-order valence-electron chi connectivity index (χ1n) is 3.27. The Labute approximate surface area is 87.0 Å². The van der Waals surface area contributed by atoms with Crippen LogP contribution in [0.1, 0.15) is 0 Å². The van der Waals surface area contributed by atoms with E-state index in [4.69, 9.17) is 0 Å². The van der Waals surface area contributed by atoms with Crippen molar-refractivity contribution in [2.45, 2.75) is 0 Å². The molecular formula is C7H6BrNO3S. The Morgan fingerprint density at radius 2 is 2.31 bits per heavy atom. The van der Waals surface area contributed by atoms with E-state index < -0.39 is 11.9 Å². The maximum atomic E-state index is 11.0. The third-order valence-electron chi connectivity index (χ3n) is 1.17. The third-order valence-corrected chi connectivity index (χ3v) is 2.78. The zero-order chi connectivity index (χ0) is 9.84. The van der Waals surface area contributed by atoms with Gasteiger partial charge in [0, 0.05) is 9.85 Å². The first-order valence-corrected chi connectivity index (χ1v) is 4.94. The van der Waals surface area contributed by atoms with E-state index in [1.165, 1.54) is 11.3 Å². The van der Waals surface area contributed by atoms with E-state index in [1.807, 2.05) is 0 Å². The molecule has 0 aliphatic carbocycles. The Kier molecular flexibility index (Phi) is 3.44. The van der Waals surface area contributed by atoms with Gasteiger partial charge in [0.2, 0.25) is 0 Å². The van der Waals surface area contributed by atoms with Crippen molar-refractivity contribution in [1.29, 1.82) is 0 Å². The van der Waals surface area contributed by atoms with E-state index in [1.54, 1.807) is 11.4 Å². The largest absolute Gasteiger partial charge is 0.462 e. The lowest BCUT2D eigenvalue weighted by molar-refractivity contribution is -0.150. The van der Waals surface area contributed by atoms with Crippen LogP contribution in [0.2, 0.25) is 0 Å². The van der Waals surface area contributed by atoms with Gasteiger partial charge in [0.15, 0.2) is 0 Å². The fraction of sp³-hybridized carbons (Fsp3) is 0.143. The van der Waals surface area contributed by atoms with Gasteiger partial charge in [-0.3, -0.25) is 4.79 Å². The fourth-order valence-electron chi connectivity index (χ4n) is 0.634. The summed E-state index contributed by atoms with van der Waals surface area (Å²) in [5.41, 5.74) is 0. The number of hydrogen-bond acceptors (Lipinski definition) is 4. The van der Waals surface area contributed by atoms with Crippen molar-refractivity contribution in [1.82, 2.24) is 0 Å². The van der Waals surface area contributed by atoms with Gasteiger partial charge in [0.1, 0.15) is 0 Å². The van der Waals surface area contributed by atoms with Gasteiger partial charge in [0.25, 0.3) is 0 Å². The number of anilines is 1. The number of carbonyl (C=O) groups is 2. The van der Waals surface area contributed by atoms with Gasteiger partial charge in [-0.15, -0.1) is 11.3 Å². The van der Waals surface area contributed by atoms with Crippen molar-refractivity contribution >= 4 is 44.1 Å². The van der Waals surface area contributed by atoms with E-state index in [0.717, 1.165) is 11.6 Å². The van der Waals surface area contributed by atoms with Gasteiger partial charge in [-0.1, -0.05) is 0 Å². The summed E-state index contributed by atoms with van der Waals surface area (Å²) in [5, 5.41) is 4.79. The lowest BCUT2D eigenvalue weighted by Crippen LogP contribution is -2.23. The molecule has 13 heavy (non-hydrogen) atoms. The van der Waals surface area contributed by atoms with Gasteiger partial charge in [0.05, 0.1) is 12.1 Å². The van der Waals surface area contributed by atoms with Crippen LogP contribution in [0.3, 0.4) is 0 Å². The molecule has 1 N–H and O–H groups in total. The van der Waals surface area contributed by atoms with Crippen molar-refractivity contribution in [3.63, 3.8) is 0 Å². The molecule has 0 radical (unpaired) electrons. The molecule has 0 saturated carbocycles. The van der Waals surface area contributed by atoms with Crippen LogP contribution in [0.25, 0.3) is 0 Å². The van der Waals surface area contributed by atoms with Gasteiger partial charge in [-0.25, -0.2) is 4.79 Å². The lowest BCUT2D eigenvalue weighted by atomic mass is 10.5. The minimum Gasteiger partial charge on any atom is -0.462 e. The molecule has 4 nitrogen and oxygen atoms in total. The molecule has 1 amide bonds. The zero-order valence-corrected chi connectivity index (χ0v) is 9.07.